The minimum Gasteiger partial charge on any atom is -0.494 e. The average Bonchev–Trinajstić information content (AvgIpc) is 3.66. The average molecular weight is 1150 g/mol. The number of rotatable bonds is 23. The predicted octanol–water partition coefficient (Wildman–Crippen LogP) is 9.09. The Morgan fingerprint density at radius 1 is 0.432 bits per heavy atom. The van der Waals surface area contributed by atoms with Crippen molar-refractivity contribution in [3.05, 3.63) is 236 Å². The van der Waals surface area contributed by atoms with E-state index in [1.54, 1.807) is 18.2 Å². The highest BCUT2D eigenvalue weighted by atomic mass is 35.5. The number of ether oxygens (including phenoxy) is 7. The van der Waals surface area contributed by atoms with Gasteiger partial charge in [0.25, 0.3) is 0 Å². The molecular formula is C65H72Cl2O14. The largest absolute Gasteiger partial charge is 0.494 e. The van der Waals surface area contributed by atoms with Crippen molar-refractivity contribution in [2.24, 2.45) is 0 Å². The Kier molecular flexibility index (Phi) is 22.3. The summed E-state index contributed by atoms with van der Waals surface area (Å²) < 4.78 is 43.8. The van der Waals surface area contributed by atoms with Crippen molar-refractivity contribution < 1.29 is 68.9 Å². The molecule has 0 radical (unpaired) electrons. The van der Waals surface area contributed by atoms with Crippen LogP contribution in [0.15, 0.2) is 176 Å². The molecule has 7 aromatic rings. The lowest BCUT2D eigenvalue weighted by molar-refractivity contribution is -0.318. The van der Waals surface area contributed by atoms with E-state index in [1.165, 1.54) is 0 Å². The lowest BCUT2D eigenvalue weighted by Crippen LogP contribution is -2.66. The molecule has 0 unspecified atom stereocenters. The summed E-state index contributed by atoms with van der Waals surface area (Å²) in [6, 6.07) is 56.0. The molecule has 7 aromatic carbocycles. The first-order valence-electron chi connectivity index (χ1n) is 27.2. The fraction of sp³-hybridized carbons (Fsp3) is 0.354. The van der Waals surface area contributed by atoms with Gasteiger partial charge in [-0.3, -0.25) is 0 Å². The monoisotopic (exact) mass is 1150 g/mol. The fourth-order valence-electron chi connectivity index (χ4n) is 10.1. The number of halogens is 2. The van der Waals surface area contributed by atoms with Crippen LogP contribution in [0.4, 0.5) is 0 Å². The predicted molar refractivity (Wildman–Crippen MR) is 308 cm³/mol. The van der Waals surface area contributed by atoms with Gasteiger partial charge in [-0.2, -0.15) is 0 Å². The van der Waals surface area contributed by atoms with Crippen molar-refractivity contribution in [3.8, 4) is 11.5 Å². The van der Waals surface area contributed by atoms with Gasteiger partial charge in [0, 0.05) is 10.0 Å². The maximum atomic E-state index is 11.0. The SMILES string of the molecule is CCOc1ccc(Cc2cc([C@@H]3OC(CO)(CO)[C@@H](O)[C@H](O)[C@H]3O)ccc2Cl)cc1.CCOc1ccc(Cc2cc([C@@H]3OC(CO)(CO)[C@@H](OCc4ccccc4)[C@H](OCc4ccccc4)[C@H]3OCc3ccccc3)ccc2Cl)cc1. The first-order chi connectivity index (χ1) is 39.4. The Labute approximate surface area is 483 Å². The van der Waals surface area contributed by atoms with Crippen LogP contribution >= 0.6 is 23.2 Å². The summed E-state index contributed by atoms with van der Waals surface area (Å²) in [6.45, 7) is 3.33. The number of benzene rings is 7. The number of aliphatic hydroxyl groups excluding tert-OH is 7. The summed E-state index contributed by atoms with van der Waals surface area (Å²) in [7, 11) is 0. The fourth-order valence-corrected chi connectivity index (χ4v) is 10.5. The first-order valence-corrected chi connectivity index (χ1v) is 27.9. The minimum atomic E-state index is -1.79. The van der Waals surface area contributed by atoms with E-state index in [1.807, 2.05) is 172 Å². The zero-order valence-electron chi connectivity index (χ0n) is 45.4. The molecule has 2 fully saturated rings. The lowest BCUT2D eigenvalue weighted by Gasteiger charge is -2.52. The Morgan fingerprint density at radius 2 is 0.827 bits per heavy atom. The quantitative estimate of drug-likeness (QED) is 0.0319. The van der Waals surface area contributed by atoms with Gasteiger partial charge in [0.1, 0.15) is 71.5 Å². The number of hydrogen-bond donors (Lipinski definition) is 7. The lowest BCUT2D eigenvalue weighted by atomic mass is 9.82. The van der Waals surface area contributed by atoms with E-state index >= 15 is 0 Å². The minimum absolute atomic E-state index is 0.213. The summed E-state index contributed by atoms with van der Waals surface area (Å²) in [4.78, 5) is 0. The molecule has 2 saturated heterocycles. The molecule has 2 aliphatic rings. The van der Waals surface area contributed by atoms with E-state index in [9.17, 15) is 35.7 Å². The van der Waals surface area contributed by atoms with Crippen LogP contribution in [0.2, 0.25) is 10.0 Å². The van der Waals surface area contributed by atoms with Crippen molar-refractivity contribution in [1.82, 2.24) is 0 Å². The van der Waals surface area contributed by atoms with Crippen molar-refractivity contribution in [2.75, 3.05) is 39.6 Å². The second kappa shape index (κ2) is 29.5. The Hall–Kier alpha value is -5.76. The van der Waals surface area contributed by atoms with Gasteiger partial charge in [-0.15, -0.1) is 0 Å². The van der Waals surface area contributed by atoms with Crippen LogP contribution in [0.1, 0.15) is 76.1 Å². The van der Waals surface area contributed by atoms with Crippen LogP contribution in [0.25, 0.3) is 0 Å². The van der Waals surface area contributed by atoms with Gasteiger partial charge in [0.15, 0.2) is 0 Å². The Balaban J connectivity index is 0.000000244. The molecule has 2 aliphatic heterocycles. The molecule has 8 atom stereocenters. The molecule has 81 heavy (non-hydrogen) atoms. The van der Waals surface area contributed by atoms with Gasteiger partial charge in [-0.05, 0) is 113 Å². The second-order valence-electron chi connectivity index (χ2n) is 20.2. The molecule has 7 N–H and O–H groups in total. The van der Waals surface area contributed by atoms with E-state index in [2.05, 4.69) is 0 Å². The van der Waals surface area contributed by atoms with Crippen LogP contribution in [-0.2, 0) is 56.3 Å². The molecule has 14 nitrogen and oxygen atoms in total. The van der Waals surface area contributed by atoms with Crippen molar-refractivity contribution in [1.29, 1.82) is 0 Å². The molecule has 0 aliphatic carbocycles. The maximum Gasteiger partial charge on any atom is 0.144 e. The topological polar surface area (TPSA) is 206 Å². The highest BCUT2D eigenvalue weighted by Crippen LogP contribution is 2.44. The van der Waals surface area contributed by atoms with E-state index in [4.69, 9.17) is 56.4 Å². The molecule has 0 bridgehead atoms. The Bertz CT molecular complexity index is 2980. The van der Waals surface area contributed by atoms with E-state index in [0.717, 1.165) is 56.0 Å². The zero-order chi connectivity index (χ0) is 57.4. The van der Waals surface area contributed by atoms with E-state index < -0.39 is 86.5 Å². The summed E-state index contributed by atoms with van der Waals surface area (Å²) in [5.41, 5.74) is 4.57. The van der Waals surface area contributed by atoms with Crippen molar-refractivity contribution in [3.63, 3.8) is 0 Å². The van der Waals surface area contributed by atoms with Gasteiger partial charge in [-0.25, -0.2) is 0 Å². The Morgan fingerprint density at radius 3 is 1.25 bits per heavy atom. The van der Waals surface area contributed by atoms with Gasteiger partial charge in [-0.1, -0.05) is 163 Å². The van der Waals surface area contributed by atoms with Crippen molar-refractivity contribution in [2.45, 2.75) is 107 Å². The van der Waals surface area contributed by atoms with Gasteiger partial charge < -0.3 is 68.9 Å². The molecule has 0 spiro atoms. The first kappa shape index (κ1) is 61.3. The van der Waals surface area contributed by atoms with Gasteiger partial charge in [0.2, 0.25) is 0 Å². The number of aliphatic hydroxyl groups is 7. The summed E-state index contributed by atoms with van der Waals surface area (Å²) in [6.07, 6.45) is -7.82. The zero-order valence-corrected chi connectivity index (χ0v) is 46.9. The van der Waals surface area contributed by atoms with E-state index in [-0.39, 0.29) is 19.8 Å². The van der Waals surface area contributed by atoms with Crippen LogP contribution in [0, 0.1) is 0 Å². The molecule has 16 heteroatoms. The highest BCUT2D eigenvalue weighted by Gasteiger charge is 2.57. The van der Waals surface area contributed by atoms with Crippen LogP contribution < -0.4 is 9.47 Å². The number of hydrogen-bond acceptors (Lipinski definition) is 14. The summed E-state index contributed by atoms with van der Waals surface area (Å²) in [5, 5.41) is 73.5. The van der Waals surface area contributed by atoms with Gasteiger partial charge >= 0.3 is 0 Å². The van der Waals surface area contributed by atoms with Crippen LogP contribution in [0.3, 0.4) is 0 Å². The summed E-state index contributed by atoms with van der Waals surface area (Å²) in [5.74, 6) is 1.58. The van der Waals surface area contributed by atoms with Crippen LogP contribution in [0.5, 0.6) is 11.5 Å². The summed E-state index contributed by atoms with van der Waals surface area (Å²) >= 11 is 13.2. The molecule has 0 amide bonds. The van der Waals surface area contributed by atoms with E-state index in [0.29, 0.717) is 41.7 Å². The third-order valence-electron chi connectivity index (χ3n) is 14.7. The molecule has 0 saturated carbocycles. The molecule has 0 aromatic heterocycles. The van der Waals surface area contributed by atoms with Crippen molar-refractivity contribution >= 4 is 23.2 Å². The maximum absolute atomic E-state index is 11.0. The second-order valence-corrected chi connectivity index (χ2v) is 21.0. The van der Waals surface area contributed by atoms with Gasteiger partial charge in [0.05, 0.1) is 59.5 Å². The molecule has 2 heterocycles. The van der Waals surface area contributed by atoms with Crippen LogP contribution in [-0.4, -0.2) is 123 Å². The highest BCUT2D eigenvalue weighted by molar-refractivity contribution is 6.31. The third-order valence-corrected chi connectivity index (χ3v) is 15.4. The third kappa shape index (κ3) is 15.3. The molecule has 9 rings (SSSR count). The molecule has 430 valence electrons. The molecular weight excluding hydrogens is 1080 g/mol. The standard InChI is InChI=1S/C43H45ClO7.C22H27ClO7/c1-2-47-37-21-18-31(19-22-37)24-36-25-35(20-23-38(36)44)39-40(48-26-32-12-6-3-7-13-32)41(49-27-33-14-8-4-9-15-33)42(43(29-45,30-46)51-39)50-28-34-16-10-5-11-17-34;1-2-29-16-6-3-13(4-7-16)9-15-10-14(5-8-17(15)23)20-18(26)19(27)21(28)22(11-24,12-25)30-20/h3-23,25,39-42,45-46H,2,24,26-30H2,1H3;3-8,10,18-21,24-28H,2,9,11-12H2,1H3/t39-,40-,41+,42-;18-,19-,20+,21+/m01/s1. The normalized spacial score (nSPS) is 22.1. The smallest absolute Gasteiger partial charge is 0.144 e.